The molecule has 0 amide bonds. The van der Waals surface area contributed by atoms with Crippen molar-refractivity contribution in [3.8, 4) is 62.5 Å². The molecule has 0 fully saturated rings. The second-order valence-corrected chi connectivity index (χ2v) is 14.1. The average Bonchev–Trinajstić information content (AvgIpc) is 3.52. The Morgan fingerprint density at radius 3 is 1.40 bits per heavy atom. The van der Waals surface area contributed by atoms with Gasteiger partial charge in [0.15, 0.2) is 17.5 Å². The number of aromatic nitrogens is 3. The van der Waals surface area contributed by atoms with Crippen LogP contribution >= 0.6 is 11.8 Å². The Morgan fingerprint density at radius 2 is 0.846 bits per heavy atom. The minimum Gasteiger partial charge on any atom is -0.208 e. The van der Waals surface area contributed by atoms with Gasteiger partial charge in [-0.15, -0.1) is 0 Å². The topological polar surface area (TPSA) is 62.5 Å². The molecular formula is C47H28N4S. The average molecular weight is 681 g/mol. The van der Waals surface area contributed by atoms with Crippen molar-refractivity contribution in [2.24, 2.45) is 0 Å². The largest absolute Gasteiger partial charge is 0.208 e. The Labute approximate surface area is 306 Å². The molecule has 0 unspecified atom stereocenters. The van der Waals surface area contributed by atoms with Crippen LogP contribution in [-0.4, -0.2) is 15.0 Å². The number of fused-ring (bicyclic) bond motifs is 9. The van der Waals surface area contributed by atoms with Gasteiger partial charge in [-0.1, -0.05) is 151 Å². The predicted molar refractivity (Wildman–Crippen MR) is 208 cm³/mol. The fraction of sp³-hybridized carbons (Fsp3) is 0.0213. The number of benzene rings is 7. The van der Waals surface area contributed by atoms with E-state index in [0.717, 1.165) is 27.8 Å². The van der Waals surface area contributed by atoms with Gasteiger partial charge in [-0.3, -0.25) is 0 Å². The molecule has 0 atom stereocenters. The van der Waals surface area contributed by atoms with Gasteiger partial charge >= 0.3 is 0 Å². The molecule has 0 N–H and O–H groups in total. The highest BCUT2D eigenvalue weighted by Crippen LogP contribution is 2.62. The summed E-state index contributed by atoms with van der Waals surface area (Å²) < 4.78 is 0. The smallest absolute Gasteiger partial charge is 0.164 e. The first-order valence-corrected chi connectivity index (χ1v) is 18.1. The second kappa shape index (κ2) is 12.0. The molecule has 0 radical (unpaired) electrons. The molecule has 7 aromatic carbocycles. The number of nitriles is 1. The number of hydrogen-bond donors (Lipinski definition) is 0. The maximum Gasteiger partial charge on any atom is 0.164 e. The van der Waals surface area contributed by atoms with Gasteiger partial charge in [0, 0.05) is 26.5 Å². The van der Waals surface area contributed by atoms with Crippen LogP contribution in [0, 0.1) is 11.3 Å². The molecule has 8 aromatic rings. The van der Waals surface area contributed by atoms with Gasteiger partial charge in [-0.2, -0.15) is 5.26 Å². The first-order chi connectivity index (χ1) is 25.7. The molecular weight excluding hydrogens is 653 g/mol. The molecule has 1 aliphatic carbocycles. The number of rotatable bonds is 4. The van der Waals surface area contributed by atoms with Crippen LogP contribution in [0.25, 0.3) is 56.4 Å². The van der Waals surface area contributed by atoms with Crippen LogP contribution in [0.1, 0.15) is 27.8 Å². The van der Waals surface area contributed by atoms with E-state index in [1.54, 1.807) is 11.8 Å². The molecule has 4 nitrogen and oxygen atoms in total. The molecule has 1 aliphatic heterocycles. The van der Waals surface area contributed by atoms with Crippen molar-refractivity contribution in [1.29, 1.82) is 5.26 Å². The third kappa shape index (κ3) is 4.59. The first-order valence-electron chi connectivity index (χ1n) is 17.3. The maximum absolute atomic E-state index is 10.1. The van der Waals surface area contributed by atoms with Crippen molar-refractivity contribution in [2.75, 3.05) is 0 Å². The van der Waals surface area contributed by atoms with Gasteiger partial charge in [0.05, 0.1) is 17.0 Å². The molecule has 2 aliphatic rings. The third-order valence-electron chi connectivity index (χ3n) is 10.3. The summed E-state index contributed by atoms with van der Waals surface area (Å²) in [6, 6.07) is 61.5. The van der Waals surface area contributed by atoms with Crippen LogP contribution in [0.4, 0.5) is 0 Å². The highest BCUT2D eigenvalue weighted by Gasteiger charge is 2.50. The highest BCUT2D eigenvalue weighted by molar-refractivity contribution is 7.99. The van der Waals surface area contributed by atoms with Crippen molar-refractivity contribution < 1.29 is 0 Å². The Morgan fingerprint density at radius 1 is 0.404 bits per heavy atom. The van der Waals surface area contributed by atoms with E-state index < -0.39 is 5.41 Å². The fourth-order valence-corrected chi connectivity index (χ4v) is 9.13. The quantitative estimate of drug-likeness (QED) is 0.185. The maximum atomic E-state index is 10.1. The Bertz CT molecular complexity index is 2630. The van der Waals surface area contributed by atoms with Crippen molar-refractivity contribution in [3.63, 3.8) is 0 Å². The minimum atomic E-state index is -0.617. The zero-order valence-corrected chi connectivity index (χ0v) is 28.7. The molecule has 52 heavy (non-hydrogen) atoms. The van der Waals surface area contributed by atoms with E-state index >= 15 is 0 Å². The highest BCUT2D eigenvalue weighted by atomic mass is 32.2. The Balaban J connectivity index is 1.25. The van der Waals surface area contributed by atoms with Crippen molar-refractivity contribution in [2.45, 2.75) is 15.2 Å². The van der Waals surface area contributed by atoms with E-state index in [2.05, 4.69) is 91.0 Å². The molecule has 10 rings (SSSR count). The molecule has 0 saturated heterocycles. The Kier molecular flexibility index (Phi) is 6.99. The molecule has 5 heteroatoms. The lowest BCUT2D eigenvalue weighted by molar-refractivity contribution is 0.723. The summed E-state index contributed by atoms with van der Waals surface area (Å²) in [5.74, 6) is 1.89. The van der Waals surface area contributed by atoms with Gasteiger partial charge in [0.25, 0.3) is 0 Å². The summed E-state index contributed by atoms with van der Waals surface area (Å²) in [7, 11) is 0. The predicted octanol–water partition coefficient (Wildman–Crippen LogP) is 11.2. The van der Waals surface area contributed by atoms with E-state index in [1.165, 1.54) is 43.2 Å². The number of nitrogens with zero attached hydrogens (tertiary/aromatic N) is 4. The lowest BCUT2D eigenvalue weighted by Crippen LogP contribution is -2.32. The summed E-state index contributed by atoms with van der Waals surface area (Å²) in [6.45, 7) is 0. The van der Waals surface area contributed by atoms with Crippen LogP contribution in [0.2, 0.25) is 0 Å². The van der Waals surface area contributed by atoms with Crippen molar-refractivity contribution in [1.82, 2.24) is 15.0 Å². The van der Waals surface area contributed by atoms with Crippen molar-refractivity contribution >= 4 is 11.8 Å². The van der Waals surface area contributed by atoms with E-state index in [1.807, 2.05) is 84.9 Å². The van der Waals surface area contributed by atoms with E-state index in [0.29, 0.717) is 23.0 Å². The van der Waals surface area contributed by atoms with Gasteiger partial charge in [0.1, 0.15) is 0 Å². The molecule has 0 saturated carbocycles. The van der Waals surface area contributed by atoms with Crippen LogP contribution in [-0.2, 0) is 5.41 Å². The van der Waals surface area contributed by atoms with Crippen LogP contribution in [0.5, 0.6) is 0 Å². The zero-order chi connectivity index (χ0) is 34.6. The van der Waals surface area contributed by atoms with Crippen molar-refractivity contribution in [3.05, 3.63) is 198 Å². The summed E-state index contributed by atoms with van der Waals surface area (Å²) in [5, 5.41) is 10.1. The van der Waals surface area contributed by atoms with E-state index in [-0.39, 0.29) is 0 Å². The van der Waals surface area contributed by atoms with Gasteiger partial charge in [-0.25, -0.2) is 15.0 Å². The number of hydrogen-bond acceptors (Lipinski definition) is 5. The van der Waals surface area contributed by atoms with Crippen LogP contribution in [0.3, 0.4) is 0 Å². The zero-order valence-electron chi connectivity index (χ0n) is 27.9. The standard InChI is InChI=1S/C47H28N4S/c48-29-34-17-7-8-18-35(34)32-23-25-42-40(27-32)47(38-21-11-9-19-36(38)37-20-10-12-22-39(37)47)41-28-33(24-26-43(41)52-42)46-50-44(30-13-3-1-4-14-30)49-45(51-46)31-15-5-2-6-16-31/h1-28H. The SMILES string of the molecule is N#Cc1ccccc1-c1ccc2c(c1)C1(c3cc(-c4nc(-c5ccccc5)nc(-c5ccccc5)n4)ccc3S2)c2ccccc2-c2ccccc21. The van der Waals surface area contributed by atoms with Crippen LogP contribution < -0.4 is 0 Å². The fourth-order valence-electron chi connectivity index (χ4n) is 7.98. The molecule has 0 bridgehead atoms. The lowest BCUT2D eigenvalue weighted by atomic mass is 9.66. The second-order valence-electron chi connectivity index (χ2n) is 13.1. The third-order valence-corrected chi connectivity index (χ3v) is 11.4. The molecule has 242 valence electrons. The first kappa shape index (κ1) is 30.2. The van der Waals surface area contributed by atoms with Gasteiger partial charge in [-0.05, 0) is 74.8 Å². The Hall–Kier alpha value is -6.61. The van der Waals surface area contributed by atoms with Gasteiger partial charge < -0.3 is 0 Å². The minimum absolute atomic E-state index is 0.617. The van der Waals surface area contributed by atoms with Crippen LogP contribution in [0.15, 0.2) is 180 Å². The lowest BCUT2D eigenvalue weighted by Gasteiger charge is -2.40. The van der Waals surface area contributed by atoms with E-state index in [9.17, 15) is 5.26 Å². The normalized spacial score (nSPS) is 13.1. The monoisotopic (exact) mass is 680 g/mol. The summed E-state index contributed by atoms with van der Waals surface area (Å²) in [5.41, 5.74) is 12.1. The molecule has 1 aromatic heterocycles. The molecule has 1 spiro atoms. The summed E-state index contributed by atoms with van der Waals surface area (Å²) >= 11 is 1.79. The molecule has 2 heterocycles. The van der Waals surface area contributed by atoms with E-state index in [4.69, 9.17) is 15.0 Å². The van der Waals surface area contributed by atoms with Gasteiger partial charge in [0.2, 0.25) is 0 Å². The summed E-state index contributed by atoms with van der Waals surface area (Å²) in [6.07, 6.45) is 0. The summed E-state index contributed by atoms with van der Waals surface area (Å²) in [4.78, 5) is 17.6.